The van der Waals surface area contributed by atoms with Crippen LogP contribution in [0.4, 0.5) is 0 Å². The lowest BCUT2D eigenvalue weighted by atomic mass is 9.70. The SMILES string of the molecule is CC1(C)c2ccccc2Oc2c(-c3ccc4c(c3)c3ccc5c(c3n4-c3ccc(-c4ccccc4)cc3)C3(c4ccccc4-c4ccccc43)c3ccccc3-5)cccc21. The molecule has 0 fully saturated rings. The van der Waals surface area contributed by atoms with Gasteiger partial charge in [0.25, 0.3) is 0 Å². The van der Waals surface area contributed by atoms with Gasteiger partial charge in [-0.25, -0.2) is 0 Å². The molecule has 2 aliphatic carbocycles. The summed E-state index contributed by atoms with van der Waals surface area (Å²) in [6.45, 7) is 4.62. The molecule has 0 atom stereocenters. The molecule has 1 spiro atoms. The molecule has 60 heavy (non-hydrogen) atoms. The summed E-state index contributed by atoms with van der Waals surface area (Å²) in [4.78, 5) is 0. The standard InChI is InChI=1S/C58H39NO/c1-57(2)50-24-12-13-26-53(50)60-56-40(20-14-25-51(56)57)38-29-34-52-46(35-38)45-33-32-44-43-19-8-11-23-49(43)58(47-21-9-6-17-41(47)42-18-7-10-22-48(42)58)54(44)55(45)59(52)39-30-27-37(28-31-39)36-15-4-3-5-16-36/h3-35H,1-2H3. The zero-order valence-corrected chi connectivity index (χ0v) is 33.4. The zero-order valence-electron chi connectivity index (χ0n) is 33.4. The predicted molar refractivity (Wildman–Crippen MR) is 247 cm³/mol. The molecule has 3 aliphatic rings. The van der Waals surface area contributed by atoms with Gasteiger partial charge in [0.15, 0.2) is 0 Å². The highest BCUT2D eigenvalue weighted by molar-refractivity contribution is 6.15. The molecule has 13 rings (SSSR count). The van der Waals surface area contributed by atoms with Crippen molar-refractivity contribution in [2.45, 2.75) is 24.7 Å². The number of hydrogen-bond acceptors (Lipinski definition) is 1. The van der Waals surface area contributed by atoms with E-state index >= 15 is 0 Å². The van der Waals surface area contributed by atoms with Crippen molar-refractivity contribution in [1.29, 1.82) is 0 Å². The van der Waals surface area contributed by atoms with Crippen molar-refractivity contribution in [1.82, 2.24) is 4.57 Å². The molecule has 0 amide bonds. The Morgan fingerprint density at radius 2 is 0.950 bits per heavy atom. The molecule has 0 unspecified atom stereocenters. The number of aromatic nitrogens is 1. The number of para-hydroxylation sites is 2. The van der Waals surface area contributed by atoms with Gasteiger partial charge in [-0.05, 0) is 86.0 Å². The molecule has 1 aliphatic heterocycles. The van der Waals surface area contributed by atoms with E-state index < -0.39 is 5.41 Å². The Morgan fingerprint density at radius 1 is 0.400 bits per heavy atom. The molecular formula is C58H39NO. The summed E-state index contributed by atoms with van der Waals surface area (Å²) in [7, 11) is 0. The fourth-order valence-electron chi connectivity index (χ4n) is 11.2. The highest BCUT2D eigenvalue weighted by atomic mass is 16.5. The van der Waals surface area contributed by atoms with Gasteiger partial charge < -0.3 is 9.30 Å². The molecule has 0 N–H and O–H groups in total. The summed E-state index contributed by atoms with van der Waals surface area (Å²) >= 11 is 0. The van der Waals surface area contributed by atoms with Gasteiger partial charge in [-0.15, -0.1) is 0 Å². The van der Waals surface area contributed by atoms with E-state index in [0.29, 0.717) is 0 Å². The normalized spacial score (nSPS) is 14.6. The van der Waals surface area contributed by atoms with Crippen molar-refractivity contribution < 1.29 is 4.74 Å². The molecule has 2 heterocycles. The van der Waals surface area contributed by atoms with Crippen molar-refractivity contribution >= 4 is 21.8 Å². The first-order valence-electron chi connectivity index (χ1n) is 21.0. The van der Waals surface area contributed by atoms with Crippen LogP contribution in [0.1, 0.15) is 47.2 Å². The minimum Gasteiger partial charge on any atom is -0.456 e. The van der Waals surface area contributed by atoms with E-state index in [1.807, 2.05) is 0 Å². The van der Waals surface area contributed by atoms with Crippen LogP contribution in [-0.4, -0.2) is 4.57 Å². The lowest BCUT2D eigenvalue weighted by Crippen LogP contribution is -2.26. The van der Waals surface area contributed by atoms with Crippen LogP contribution in [0.15, 0.2) is 200 Å². The van der Waals surface area contributed by atoms with Gasteiger partial charge in [0, 0.05) is 44.1 Å². The van der Waals surface area contributed by atoms with Crippen molar-refractivity contribution in [3.8, 4) is 61.7 Å². The number of hydrogen-bond donors (Lipinski definition) is 0. The Kier molecular flexibility index (Phi) is 6.74. The van der Waals surface area contributed by atoms with Crippen LogP contribution in [0.5, 0.6) is 11.5 Å². The Labute approximate surface area is 349 Å². The van der Waals surface area contributed by atoms with Crippen LogP contribution in [0.3, 0.4) is 0 Å². The number of ether oxygens (including phenoxy) is 1. The second-order valence-corrected chi connectivity index (χ2v) is 17.2. The Balaban J connectivity index is 1.13. The van der Waals surface area contributed by atoms with E-state index in [1.165, 1.54) is 88.6 Å². The molecule has 9 aromatic carbocycles. The van der Waals surface area contributed by atoms with E-state index in [-0.39, 0.29) is 5.41 Å². The third-order valence-corrected chi connectivity index (χ3v) is 13.9. The van der Waals surface area contributed by atoms with Crippen molar-refractivity contribution in [2.24, 2.45) is 0 Å². The lowest BCUT2D eigenvalue weighted by Gasteiger charge is -2.35. The number of fused-ring (bicyclic) bond motifs is 16. The molecule has 282 valence electrons. The maximum absolute atomic E-state index is 6.84. The van der Waals surface area contributed by atoms with Crippen LogP contribution in [0, 0.1) is 0 Å². The summed E-state index contributed by atoms with van der Waals surface area (Å²) < 4.78 is 9.39. The summed E-state index contributed by atoms with van der Waals surface area (Å²) in [6.07, 6.45) is 0. The van der Waals surface area contributed by atoms with Crippen LogP contribution in [0.2, 0.25) is 0 Å². The average molecular weight is 766 g/mol. The summed E-state index contributed by atoms with van der Waals surface area (Å²) in [6, 6.07) is 74.1. The van der Waals surface area contributed by atoms with Gasteiger partial charge in [-0.1, -0.05) is 184 Å². The Morgan fingerprint density at radius 3 is 1.65 bits per heavy atom. The second-order valence-electron chi connectivity index (χ2n) is 17.2. The van der Waals surface area contributed by atoms with E-state index in [1.54, 1.807) is 0 Å². The van der Waals surface area contributed by atoms with E-state index in [2.05, 4.69) is 219 Å². The van der Waals surface area contributed by atoms with Crippen LogP contribution >= 0.6 is 0 Å². The van der Waals surface area contributed by atoms with Gasteiger partial charge in [0.2, 0.25) is 0 Å². The molecule has 2 heteroatoms. The molecule has 0 saturated carbocycles. The highest BCUT2D eigenvalue weighted by Gasteiger charge is 2.53. The molecule has 0 radical (unpaired) electrons. The van der Waals surface area contributed by atoms with Crippen LogP contribution in [0.25, 0.3) is 72.0 Å². The monoisotopic (exact) mass is 765 g/mol. The quantitative estimate of drug-likeness (QED) is 0.175. The molecule has 2 nitrogen and oxygen atoms in total. The van der Waals surface area contributed by atoms with Crippen molar-refractivity contribution in [3.63, 3.8) is 0 Å². The molecule has 0 saturated heterocycles. The Bertz CT molecular complexity index is 3360. The van der Waals surface area contributed by atoms with Crippen molar-refractivity contribution in [3.05, 3.63) is 234 Å². The zero-order chi connectivity index (χ0) is 39.7. The minimum atomic E-state index is -0.497. The fourth-order valence-corrected chi connectivity index (χ4v) is 11.2. The maximum Gasteiger partial charge on any atom is 0.139 e. The van der Waals surface area contributed by atoms with E-state index in [4.69, 9.17) is 4.74 Å². The van der Waals surface area contributed by atoms with E-state index in [9.17, 15) is 0 Å². The molecule has 10 aromatic rings. The fraction of sp³-hybridized carbons (Fsp3) is 0.0690. The number of benzene rings is 9. The van der Waals surface area contributed by atoms with Gasteiger partial charge in [0.1, 0.15) is 11.5 Å². The lowest BCUT2D eigenvalue weighted by molar-refractivity contribution is 0.419. The first-order chi connectivity index (χ1) is 29.5. The first-order valence-corrected chi connectivity index (χ1v) is 21.0. The third-order valence-electron chi connectivity index (χ3n) is 13.9. The maximum atomic E-state index is 6.84. The van der Waals surface area contributed by atoms with Gasteiger partial charge in [0.05, 0.1) is 16.4 Å². The largest absolute Gasteiger partial charge is 0.456 e. The third kappa shape index (κ3) is 4.27. The highest BCUT2D eigenvalue weighted by Crippen LogP contribution is 2.64. The van der Waals surface area contributed by atoms with Crippen LogP contribution in [-0.2, 0) is 10.8 Å². The average Bonchev–Trinajstić information content (AvgIpc) is 3.91. The van der Waals surface area contributed by atoms with Gasteiger partial charge in [-0.3, -0.25) is 0 Å². The molecule has 1 aromatic heterocycles. The first kappa shape index (κ1) is 33.5. The van der Waals surface area contributed by atoms with Crippen LogP contribution < -0.4 is 4.74 Å². The van der Waals surface area contributed by atoms with Gasteiger partial charge >= 0.3 is 0 Å². The van der Waals surface area contributed by atoms with Gasteiger partial charge in [-0.2, -0.15) is 0 Å². The smallest absolute Gasteiger partial charge is 0.139 e. The Hall–Kier alpha value is -7.42. The number of rotatable bonds is 3. The predicted octanol–water partition coefficient (Wildman–Crippen LogP) is 14.9. The molecule has 0 bridgehead atoms. The number of nitrogens with zero attached hydrogens (tertiary/aromatic N) is 1. The van der Waals surface area contributed by atoms with Crippen molar-refractivity contribution in [2.75, 3.05) is 0 Å². The molecular weight excluding hydrogens is 727 g/mol. The summed E-state index contributed by atoms with van der Waals surface area (Å²) in [5.74, 6) is 1.87. The van der Waals surface area contributed by atoms with E-state index in [0.717, 1.165) is 28.3 Å². The summed E-state index contributed by atoms with van der Waals surface area (Å²) in [5.41, 5.74) is 20.5. The summed E-state index contributed by atoms with van der Waals surface area (Å²) in [5, 5.41) is 2.46. The topological polar surface area (TPSA) is 14.2 Å². The second kappa shape index (κ2) is 12.1. The minimum absolute atomic E-state index is 0.204.